The average molecular weight is 392 g/mol. The van der Waals surface area contributed by atoms with Crippen molar-refractivity contribution in [3.05, 3.63) is 55.9 Å². The van der Waals surface area contributed by atoms with Crippen molar-refractivity contribution < 1.29 is 14.3 Å². The van der Waals surface area contributed by atoms with Gasteiger partial charge >= 0.3 is 5.97 Å². The minimum Gasteiger partial charge on any atom is -0.451 e. The van der Waals surface area contributed by atoms with Gasteiger partial charge in [-0.05, 0) is 37.6 Å². The van der Waals surface area contributed by atoms with E-state index in [0.717, 1.165) is 11.3 Å². The minimum atomic E-state index is -0.677. The van der Waals surface area contributed by atoms with E-state index in [1.807, 2.05) is 0 Å². The number of fused-ring (bicyclic) bond motifs is 1. The number of aromatic nitrogens is 2. The summed E-state index contributed by atoms with van der Waals surface area (Å²) in [5.74, 6) is -0.709. The van der Waals surface area contributed by atoms with Crippen LogP contribution in [0.5, 0.6) is 0 Å². The second-order valence-corrected chi connectivity index (χ2v) is 6.96. The summed E-state index contributed by atoms with van der Waals surface area (Å²) < 4.78 is 5.06. The molecule has 1 amide bonds. The molecule has 0 saturated heterocycles. The number of aryl methyl sites for hydroxylation is 2. The number of hydrogen-bond donors (Lipinski definition) is 2. The largest absolute Gasteiger partial charge is 0.451 e. The van der Waals surface area contributed by atoms with E-state index in [-0.39, 0.29) is 10.4 Å². The van der Waals surface area contributed by atoms with Gasteiger partial charge < -0.3 is 15.0 Å². The van der Waals surface area contributed by atoms with Crippen LogP contribution in [0, 0.1) is 13.8 Å². The third-order valence-electron chi connectivity index (χ3n) is 3.55. The molecule has 0 atom stereocenters. The molecule has 2 heterocycles. The van der Waals surface area contributed by atoms with Gasteiger partial charge in [-0.1, -0.05) is 17.7 Å². The molecule has 0 aliphatic heterocycles. The molecule has 0 aliphatic rings. The standard InChI is InChI=1S/C17H14ClN3O4S/c1-8-13-15(23)19-9(2)20-16(13)26-14(8)17(24)25-7-12(22)21-11-5-3-4-10(18)6-11/h3-6H,7H2,1-2H3,(H,21,22)(H,19,20,23). The van der Waals surface area contributed by atoms with Gasteiger partial charge in [0, 0.05) is 10.7 Å². The Balaban J connectivity index is 1.71. The van der Waals surface area contributed by atoms with Crippen LogP contribution in [-0.4, -0.2) is 28.5 Å². The predicted molar refractivity (Wildman–Crippen MR) is 100 cm³/mol. The highest BCUT2D eigenvalue weighted by Crippen LogP contribution is 2.27. The predicted octanol–water partition coefficient (Wildman–Crippen LogP) is 3.05. The molecule has 0 spiro atoms. The summed E-state index contributed by atoms with van der Waals surface area (Å²) in [5, 5.41) is 3.42. The van der Waals surface area contributed by atoms with Gasteiger partial charge in [-0.2, -0.15) is 0 Å². The lowest BCUT2D eigenvalue weighted by Crippen LogP contribution is -2.20. The molecule has 2 N–H and O–H groups in total. The highest BCUT2D eigenvalue weighted by Gasteiger charge is 2.20. The summed E-state index contributed by atoms with van der Waals surface area (Å²) in [5.41, 5.74) is 0.681. The molecule has 0 aliphatic carbocycles. The normalized spacial score (nSPS) is 10.7. The molecule has 134 valence electrons. The fraction of sp³-hybridized carbons (Fsp3) is 0.176. The Hall–Kier alpha value is -2.71. The van der Waals surface area contributed by atoms with Crippen molar-refractivity contribution in [2.24, 2.45) is 0 Å². The number of ether oxygens (including phenoxy) is 1. The third-order valence-corrected chi connectivity index (χ3v) is 4.95. The molecule has 9 heteroatoms. The number of amides is 1. The van der Waals surface area contributed by atoms with Crippen molar-refractivity contribution >= 4 is 50.7 Å². The molecule has 3 aromatic rings. The lowest BCUT2D eigenvalue weighted by molar-refractivity contribution is -0.119. The highest BCUT2D eigenvalue weighted by atomic mass is 35.5. The number of thiophene rings is 1. The van der Waals surface area contributed by atoms with E-state index >= 15 is 0 Å². The van der Waals surface area contributed by atoms with E-state index in [1.54, 1.807) is 38.1 Å². The Kier molecular flexibility index (Phi) is 5.06. The maximum Gasteiger partial charge on any atom is 0.349 e. The maximum atomic E-state index is 12.3. The molecule has 0 bridgehead atoms. The average Bonchev–Trinajstić information content (AvgIpc) is 2.89. The Morgan fingerprint density at radius 2 is 2.12 bits per heavy atom. The maximum absolute atomic E-state index is 12.3. The molecular weight excluding hydrogens is 378 g/mol. The van der Waals surface area contributed by atoms with E-state index in [2.05, 4.69) is 15.3 Å². The van der Waals surface area contributed by atoms with E-state index in [0.29, 0.717) is 32.3 Å². The zero-order valence-corrected chi connectivity index (χ0v) is 15.5. The van der Waals surface area contributed by atoms with Gasteiger partial charge in [0.25, 0.3) is 11.5 Å². The summed E-state index contributed by atoms with van der Waals surface area (Å²) in [6.07, 6.45) is 0. The Morgan fingerprint density at radius 1 is 1.35 bits per heavy atom. The second-order valence-electron chi connectivity index (χ2n) is 5.52. The molecule has 0 radical (unpaired) electrons. The number of rotatable bonds is 4. The molecular formula is C17H14ClN3O4S. The minimum absolute atomic E-state index is 0.249. The molecule has 7 nitrogen and oxygen atoms in total. The van der Waals surface area contributed by atoms with E-state index in [9.17, 15) is 14.4 Å². The molecule has 2 aromatic heterocycles. The fourth-order valence-electron chi connectivity index (χ4n) is 2.41. The summed E-state index contributed by atoms with van der Waals surface area (Å²) in [6, 6.07) is 6.62. The molecule has 3 rings (SSSR count). The van der Waals surface area contributed by atoms with Gasteiger partial charge in [0.05, 0.1) is 5.39 Å². The number of anilines is 1. The second kappa shape index (κ2) is 7.27. The van der Waals surface area contributed by atoms with Crippen molar-refractivity contribution in [3.63, 3.8) is 0 Å². The van der Waals surface area contributed by atoms with E-state index in [4.69, 9.17) is 16.3 Å². The van der Waals surface area contributed by atoms with Crippen molar-refractivity contribution in [1.29, 1.82) is 0 Å². The number of esters is 1. The van der Waals surface area contributed by atoms with Gasteiger partial charge in [0.1, 0.15) is 15.5 Å². The highest BCUT2D eigenvalue weighted by molar-refractivity contribution is 7.20. The van der Waals surface area contributed by atoms with Crippen LogP contribution >= 0.6 is 22.9 Å². The number of nitrogens with one attached hydrogen (secondary N) is 2. The first-order valence-electron chi connectivity index (χ1n) is 7.57. The van der Waals surface area contributed by atoms with Crippen LogP contribution in [0.2, 0.25) is 5.02 Å². The van der Waals surface area contributed by atoms with Crippen molar-refractivity contribution in [2.45, 2.75) is 13.8 Å². The molecule has 1 aromatic carbocycles. The lowest BCUT2D eigenvalue weighted by atomic mass is 10.2. The van der Waals surface area contributed by atoms with Gasteiger partial charge in [0.2, 0.25) is 0 Å². The Bertz CT molecular complexity index is 1070. The molecule has 0 fully saturated rings. The van der Waals surface area contributed by atoms with Crippen molar-refractivity contribution in [2.75, 3.05) is 11.9 Å². The zero-order valence-electron chi connectivity index (χ0n) is 13.9. The van der Waals surface area contributed by atoms with Crippen molar-refractivity contribution in [3.8, 4) is 0 Å². The zero-order chi connectivity index (χ0) is 18.8. The fourth-order valence-corrected chi connectivity index (χ4v) is 3.72. The SMILES string of the molecule is Cc1nc2sc(C(=O)OCC(=O)Nc3cccc(Cl)c3)c(C)c2c(=O)[nH]1. The number of carbonyl (C=O) groups is 2. The van der Waals surface area contributed by atoms with Gasteiger partial charge in [-0.25, -0.2) is 9.78 Å². The summed E-state index contributed by atoms with van der Waals surface area (Å²) in [6.45, 7) is 2.85. The first-order valence-corrected chi connectivity index (χ1v) is 8.77. The van der Waals surface area contributed by atoms with Crippen LogP contribution in [0.1, 0.15) is 21.1 Å². The van der Waals surface area contributed by atoms with Crippen LogP contribution in [0.3, 0.4) is 0 Å². The topological polar surface area (TPSA) is 101 Å². The van der Waals surface area contributed by atoms with Crippen LogP contribution in [-0.2, 0) is 9.53 Å². The smallest absolute Gasteiger partial charge is 0.349 e. The van der Waals surface area contributed by atoms with Gasteiger partial charge in [-0.3, -0.25) is 9.59 Å². The Labute approximate surface area is 157 Å². The summed E-state index contributed by atoms with van der Waals surface area (Å²) in [7, 11) is 0. The number of carbonyl (C=O) groups excluding carboxylic acids is 2. The summed E-state index contributed by atoms with van der Waals surface area (Å²) in [4.78, 5) is 43.8. The number of nitrogens with zero attached hydrogens (tertiary/aromatic N) is 1. The monoisotopic (exact) mass is 391 g/mol. The van der Waals surface area contributed by atoms with Crippen LogP contribution in [0.15, 0.2) is 29.1 Å². The van der Waals surface area contributed by atoms with Crippen LogP contribution in [0.25, 0.3) is 10.2 Å². The number of hydrogen-bond acceptors (Lipinski definition) is 6. The van der Waals surface area contributed by atoms with Gasteiger partial charge in [0.15, 0.2) is 6.61 Å². The number of H-pyrrole nitrogens is 1. The van der Waals surface area contributed by atoms with Crippen LogP contribution < -0.4 is 10.9 Å². The lowest BCUT2D eigenvalue weighted by Gasteiger charge is -2.06. The number of aromatic amines is 1. The first kappa shape index (κ1) is 18.1. The van der Waals surface area contributed by atoms with Crippen LogP contribution in [0.4, 0.5) is 5.69 Å². The van der Waals surface area contributed by atoms with Gasteiger partial charge in [-0.15, -0.1) is 11.3 Å². The number of halogens is 1. The number of benzene rings is 1. The summed E-state index contributed by atoms with van der Waals surface area (Å²) >= 11 is 6.91. The Morgan fingerprint density at radius 3 is 2.85 bits per heavy atom. The van der Waals surface area contributed by atoms with E-state index in [1.165, 1.54) is 0 Å². The molecule has 0 saturated carbocycles. The third kappa shape index (κ3) is 3.76. The molecule has 26 heavy (non-hydrogen) atoms. The quantitative estimate of drug-likeness (QED) is 0.665. The van der Waals surface area contributed by atoms with E-state index < -0.39 is 18.5 Å². The first-order chi connectivity index (χ1) is 12.3. The molecule has 0 unspecified atom stereocenters. The van der Waals surface area contributed by atoms with Crippen molar-refractivity contribution in [1.82, 2.24) is 9.97 Å².